The fourth-order valence-electron chi connectivity index (χ4n) is 9.79. The molecule has 0 saturated heterocycles. The fraction of sp³-hybridized carbons (Fsp3) is 0.894. The zero-order valence-corrected chi connectivity index (χ0v) is 48.7. The van der Waals surface area contributed by atoms with E-state index in [1.54, 1.807) is 0 Å². The van der Waals surface area contributed by atoms with Gasteiger partial charge >= 0.3 is 17.9 Å². The van der Waals surface area contributed by atoms with E-state index in [1.807, 2.05) is 0 Å². The first-order valence-corrected chi connectivity index (χ1v) is 32.3. The molecule has 0 aromatic heterocycles. The molecule has 0 bridgehead atoms. The minimum absolute atomic E-state index is 0.0686. The maximum atomic E-state index is 12.9. The average Bonchev–Trinajstić information content (AvgIpc) is 3.38. The van der Waals surface area contributed by atoms with Crippen molar-refractivity contribution in [3.63, 3.8) is 0 Å². The first-order chi connectivity index (χ1) is 35.5. The molecule has 0 spiro atoms. The molecule has 0 saturated carbocycles. The van der Waals surface area contributed by atoms with Gasteiger partial charge in [-0.05, 0) is 70.6 Å². The minimum atomic E-state index is -0.771. The molecule has 0 amide bonds. The standard InChI is InChI=1S/C66H124O6/c1-4-7-10-13-16-19-22-25-28-31-33-36-38-41-44-47-50-53-56-59-65(68)71-62-63(61-70-64(67)58-55-52-49-46-43-40-37-34-30-27-24-21-18-15-12-9-6-3)72-66(69)60-57-54-51-48-45-42-39-35-32-29-26-23-20-17-14-11-8-5-2/h25,27-28,30,63H,4-24,26,29,31-62H2,1-3H3/b28-25+,30-27+/t63-/m1/s1. The van der Waals surface area contributed by atoms with Crippen molar-refractivity contribution in [2.45, 2.75) is 367 Å². The summed E-state index contributed by atoms with van der Waals surface area (Å²) in [6.45, 7) is 6.70. The lowest BCUT2D eigenvalue weighted by Crippen LogP contribution is -2.30. The van der Waals surface area contributed by atoms with Crippen LogP contribution in [0.3, 0.4) is 0 Å². The van der Waals surface area contributed by atoms with Crippen LogP contribution < -0.4 is 0 Å². The van der Waals surface area contributed by atoms with E-state index in [1.165, 1.54) is 263 Å². The molecule has 0 unspecified atom stereocenters. The van der Waals surface area contributed by atoms with Crippen molar-refractivity contribution in [3.05, 3.63) is 24.3 Å². The van der Waals surface area contributed by atoms with Crippen LogP contribution in [-0.2, 0) is 28.6 Å². The highest BCUT2D eigenvalue weighted by Crippen LogP contribution is 2.18. The lowest BCUT2D eigenvalue weighted by Gasteiger charge is -2.18. The summed E-state index contributed by atoms with van der Waals surface area (Å²) >= 11 is 0. The van der Waals surface area contributed by atoms with Crippen molar-refractivity contribution in [2.24, 2.45) is 0 Å². The maximum Gasteiger partial charge on any atom is 0.306 e. The van der Waals surface area contributed by atoms with Gasteiger partial charge in [-0.15, -0.1) is 0 Å². The molecule has 6 heteroatoms. The van der Waals surface area contributed by atoms with E-state index in [0.29, 0.717) is 19.3 Å². The SMILES string of the molecule is CCCCCCCC/C=C/CCCCCCCCCCCC(=O)OC[C@@H](COC(=O)CCCCCCCCC/C=C/CCCCCCCC)OC(=O)CCCCCCCCCCCCCCCCCCCC. The van der Waals surface area contributed by atoms with Crippen molar-refractivity contribution in [2.75, 3.05) is 13.2 Å². The quantitative estimate of drug-likeness (QED) is 0.0261. The number of unbranched alkanes of at least 4 members (excludes halogenated alkanes) is 45. The Morgan fingerprint density at radius 3 is 0.694 bits per heavy atom. The molecule has 0 rings (SSSR count). The Morgan fingerprint density at radius 1 is 0.264 bits per heavy atom. The Morgan fingerprint density at radius 2 is 0.458 bits per heavy atom. The van der Waals surface area contributed by atoms with Gasteiger partial charge in [0.25, 0.3) is 0 Å². The van der Waals surface area contributed by atoms with Crippen LogP contribution in [0, 0.1) is 0 Å². The highest BCUT2D eigenvalue weighted by Gasteiger charge is 2.19. The monoisotopic (exact) mass is 1010 g/mol. The number of carbonyl (C=O) groups is 3. The van der Waals surface area contributed by atoms with Crippen molar-refractivity contribution >= 4 is 17.9 Å². The number of esters is 3. The lowest BCUT2D eigenvalue weighted by atomic mass is 10.0. The summed E-state index contributed by atoms with van der Waals surface area (Å²) < 4.78 is 17.0. The van der Waals surface area contributed by atoms with Gasteiger partial charge in [-0.1, -0.05) is 295 Å². The second kappa shape index (κ2) is 61.4. The third-order valence-corrected chi connectivity index (χ3v) is 14.7. The van der Waals surface area contributed by atoms with Crippen LogP contribution in [0.4, 0.5) is 0 Å². The minimum Gasteiger partial charge on any atom is -0.462 e. The smallest absolute Gasteiger partial charge is 0.306 e. The molecular formula is C66H124O6. The van der Waals surface area contributed by atoms with E-state index in [4.69, 9.17) is 14.2 Å². The molecule has 0 radical (unpaired) electrons. The van der Waals surface area contributed by atoms with Crippen molar-refractivity contribution in [1.82, 2.24) is 0 Å². The lowest BCUT2D eigenvalue weighted by molar-refractivity contribution is -0.167. The van der Waals surface area contributed by atoms with Crippen molar-refractivity contribution in [1.29, 1.82) is 0 Å². The summed E-state index contributed by atoms with van der Waals surface area (Å²) in [6.07, 6.45) is 73.2. The molecule has 0 aliphatic heterocycles. The number of allylic oxidation sites excluding steroid dienone is 4. The molecule has 72 heavy (non-hydrogen) atoms. The molecule has 6 nitrogen and oxygen atoms in total. The normalized spacial score (nSPS) is 12.1. The predicted molar refractivity (Wildman–Crippen MR) is 312 cm³/mol. The van der Waals surface area contributed by atoms with Crippen LogP contribution >= 0.6 is 0 Å². The van der Waals surface area contributed by atoms with Gasteiger partial charge in [0, 0.05) is 19.3 Å². The van der Waals surface area contributed by atoms with Gasteiger partial charge < -0.3 is 14.2 Å². The predicted octanol–water partition coefficient (Wildman–Crippen LogP) is 21.8. The van der Waals surface area contributed by atoms with Crippen LogP contribution in [0.5, 0.6) is 0 Å². The molecular weight excluding hydrogens is 889 g/mol. The Hall–Kier alpha value is -2.11. The van der Waals surface area contributed by atoms with Gasteiger partial charge in [0.2, 0.25) is 0 Å². The third kappa shape index (κ3) is 58.8. The van der Waals surface area contributed by atoms with E-state index in [9.17, 15) is 14.4 Å². The summed E-state index contributed by atoms with van der Waals surface area (Å²) in [7, 11) is 0. The molecule has 0 aromatic carbocycles. The Bertz CT molecular complexity index is 1160. The second-order valence-corrected chi connectivity index (χ2v) is 22.0. The summed E-state index contributed by atoms with van der Waals surface area (Å²) in [5.41, 5.74) is 0. The fourth-order valence-corrected chi connectivity index (χ4v) is 9.79. The largest absolute Gasteiger partial charge is 0.462 e. The van der Waals surface area contributed by atoms with Crippen molar-refractivity contribution in [3.8, 4) is 0 Å². The van der Waals surface area contributed by atoms with Gasteiger partial charge in [-0.3, -0.25) is 14.4 Å². The van der Waals surface area contributed by atoms with E-state index in [2.05, 4.69) is 45.1 Å². The third-order valence-electron chi connectivity index (χ3n) is 14.7. The van der Waals surface area contributed by atoms with Crippen LogP contribution in [0.15, 0.2) is 24.3 Å². The molecule has 0 aromatic rings. The first-order valence-electron chi connectivity index (χ1n) is 32.3. The molecule has 0 aliphatic rings. The number of rotatable bonds is 60. The number of ether oxygens (including phenoxy) is 3. The maximum absolute atomic E-state index is 12.9. The Balaban J connectivity index is 4.32. The molecule has 0 heterocycles. The van der Waals surface area contributed by atoms with E-state index in [0.717, 1.165) is 57.8 Å². The Labute approximate surface area is 449 Å². The number of hydrogen-bond acceptors (Lipinski definition) is 6. The van der Waals surface area contributed by atoms with E-state index >= 15 is 0 Å². The highest BCUT2D eigenvalue weighted by molar-refractivity contribution is 5.71. The molecule has 0 fully saturated rings. The van der Waals surface area contributed by atoms with Crippen LogP contribution in [0.2, 0.25) is 0 Å². The van der Waals surface area contributed by atoms with Crippen LogP contribution in [0.1, 0.15) is 361 Å². The molecule has 0 aliphatic carbocycles. The second-order valence-electron chi connectivity index (χ2n) is 22.0. The molecule has 424 valence electrons. The summed E-state index contributed by atoms with van der Waals surface area (Å²) in [5.74, 6) is -0.847. The molecule has 1 atom stereocenters. The van der Waals surface area contributed by atoms with Crippen LogP contribution in [0.25, 0.3) is 0 Å². The zero-order valence-electron chi connectivity index (χ0n) is 48.7. The summed E-state index contributed by atoms with van der Waals surface area (Å²) in [6, 6.07) is 0. The van der Waals surface area contributed by atoms with Gasteiger partial charge in [-0.2, -0.15) is 0 Å². The van der Waals surface area contributed by atoms with Gasteiger partial charge in [0.15, 0.2) is 6.10 Å². The zero-order chi connectivity index (χ0) is 52.2. The van der Waals surface area contributed by atoms with Gasteiger partial charge in [0.1, 0.15) is 13.2 Å². The first kappa shape index (κ1) is 69.9. The summed E-state index contributed by atoms with van der Waals surface area (Å²) in [5, 5.41) is 0. The highest BCUT2D eigenvalue weighted by atomic mass is 16.6. The average molecular weight is 1010 g/mol. The van der Waals surface area contributed by atoms with Crippen molar-refractivity contribution < 1.29 is 28.6 Å². The number of hydrogen-bond donors (Lipinski definition) is 0. The summed E-state index contributed by atoms with van der Waals surface area (Å²) in [4.78, 5) is 38.3. The van der Waals surface area contributed by atoms with E-state index < -0.39 is 6.10 Å². The Kier molecular flexibility index (Phi) is 59.6. The van der Waals surface area contributed by atoms with Gasteiger partial charge in [0.05, 0.1) is 0 Å². The van der Waals surface area contributed by atoms with Gasteiger partial charge in [-0.25, -0.2) is 0 Å². The van der Waals surface area contributed by atoms with E-state index in [-0.39, 0.29) is 31.1 Å². The van der Waals surface area contributed by atoms with Crippen LogP contribution in [-0.4, -0.2) is 37.2 Å². The topological polar surface area (TPSA) is 78.9 Å². The molecule has 0 N–H and O–H groups in total. The number of carbonyl (C=O) groups excluding carboxylic acids is 3.